The summed E-state index contributed by atoms with van der Waals surface area (Å²) >= 11 is 12.8. The zero-order valence-electron chi connectivity index (χ0n) is 17.8. The van der Waals surface area contributed by atoms with Crippen LogP contribution in [0.15, 0.2) is 65.1 Å². The molecule has 0 spiro atoms. The van der Waals surface area contributed by atoms with Crippen LogP contribution < -0.4 is 10.6 Å². The summed E-state index contributed by atoms with van der Waals surface area (Å²) in [6, 6.07) is 18.1. The summed E-state index contributed by atoms with van der Waals surface area (Å²) in [6.07, 6.45) is 0.746. The van der Waals surface area contributed by atoms with Crippen molar-refractivity contribution < 1.29 is 9.21 Å². The number of hydrogen-bond acceptors (Lipinski definition) is 7. The van der Waals surface area contributed by atoms with Gasteiger partial charge in [0.25, 0.3) is 5.91 Å². The second-order valence-electron chi connectivity index (χ2n) is 7.23. The Morgan fingerprint density at radius 2 is 1.94 bits per heavy atom. The van der Waals surface area contributed by atoms with Crippen LogP contribution in [-0.4, -0.2) is 30.8 Å². The van der Waals surface area contributed by atoms with E-state index in [2.05, 4.69) is 25.9 Å². The van der Waals surface area contributed by atoms with E-state index in [4.69, 9.17) is 28.2 Å². The third-order valence-electron chi connectivity index (χ3n) is 4.91. The van der Waals surface area contributed by atoms with Gasteiger partial charge in [-0.05, 0) is 48.6 Å². The first-order chi connectivity index (χ1) is 16.5. The highest BCUT2D eigenvalue weighted by Crippen LogP contribution is 2.28. The lowest BCUT2D eigenvalue weighted by Crippen LogP contribution is -2.33. The number of furan rings is 1. The summed E-state index contributed by atoms with van der Waals surface area (Å²) in [4.78, 5) is 13.3. The quantitative estimate of drug-likeness (QED) is 0.304. The second kappa shape index (κ2) is 9.34. The Morgan fingerprint density at radius 1 is 1.12 bits per heavy atom. The lowest BCUT2D eigenvalue weighted by atomic mass is 10.2. The van der Waals surface area contributed by atoms with Gasteiger partial charge < -0.3 is 9.73 Å². The summed E-state index contributed by atoms with van der Waals surface area (Å²) in [7, 11) is 0. The molecule has 2 N–H and O–H groups in total. The van der Waals surface area contributed by atoms with E-state index in [1.54, 1.807) is 28.8 Å². The third-order valence-corrected chi connectivity index (χ3v) is 6.29. The van der Waals surface area contributed by atoms with E-state index in [1.165, 1.54) is 11.3 Å². The van der Waals surface area contributed by atoms with E-state index in [1.807, 2.05) is 43.3 Å². The van der Waals surface area contributed by atoms with Gasteiger partial charge in [0.05, 0.1) is 0 Å². The van der Waals surface area contributed by atoms with Gasteiger partial charge in [0, 0.05) is 28.3 Å². The number of nitrogens with zero attached hydrogens (tertiary/aromatic N) is 4. The summed E-state index contributed by atoms with van der Waals surface area (Å²) in [5.74, 6) is 1.03. The number of rotatable bonds is 5. The Labute approximate surface area is 208 Å². The number of carbonyl (C=O) groups is 1. The fourth-order valence-electron chi connectivity index (χ4n) is 3.31. The average molecular weight is 509 g/mol. The van der Waals surface area contributed by atoms with Crippen molar-refractivity contribution in [3.63, 3.8) is 0 Å². The first kappa shape index (κ1) is 22.2. The minimum absolute atomic E-state index is 0.138. The van der Waals surface area contributed by atoms with Crippen LogP contribution in [0.5, 0.6) is 0 Å². The van der Waals surface area contributed by atoms with Gasteiger partial charge >= 0.3 is 0 Å². The van der Waals surface area contributed by atoms with E-state index in [-0.39, 0.29) is 10.9 Å². The molecule has 0 fully saturated rings. The van der Waals surface area contributed by atoms with Gasteiger partial charge in [-0.25, -0.2) is 0 Å². The van der Waals surface area contributed by atoms with Crippen LogP contribution in [0.3, 0.4) is 0 Å². The Balaban J connectivity index is 1.26. The number of aryl methyl sites for hydroxylation is 1. The number of benzene rings is 2. The minimum atomic E-state index is -0.456. The predicted molar refractivity (Wildman–Crippen MR) is 136 cm³/mol. The van der Waals surface area contributed by atoms with Crippen molar-refractivity contribution in [1.82, 2.24) is 25.1 Å². The molecule has 0 saturated carbocycles. The number of nitrogens with one attached hydrogen (secondary N) is 2. The lowest BCUT2D eigenvalue weighted by molar-refractivity contribution is 0.0951. The molecule has 0 unspecified atom stereocenters. The number of carbonyl (C=O) groups excluding carboxylic acids is 1. The van der Waals surface area contributed by atoms with Gasteiger partial charge in [0.2, 0.25) is 4.96 Å². The molecule has 0 aliphatic rings. The van der Waals surface area contributed by atoms with Crippen LogP contribution in [0.25, 0.3) is 26.9 Å². The maximum Gasteiger partial charge on any atom is 0.293 e. The van der Waals surface area contributed by atoms with Crippen molar-refractivity contribution in [2.24, 2.45) is 0 Å². The molecule has 0 bridgehead atoms. The van der Waals surface area contributed by atoms with Crippen LogP contribution >= 0.6 is 35.2 Å². The maximum absolute atomic E-state index is 12.6. The van der Waals surface area contributed by atoms with Gasteiger partial charge in [0.1, 0.15) is 10.8 Å². The van der Waals surface area contributed by atoms with Crippen molar-refractivity contribution >= 4 is 56.8 Å². The summed E-state index contributed by atoms with van der Waals surface area (Å²) < 4.78 is 7.43. The van der Waals surface area contributed by atoms with Crippen molar-refractivity contribution in [3.8, 4) is 21.9 Å². The van der Waals surface area contributed by atoms with Gasteiger partial charge in [-0.1, -0.05) is 54.1 Å². The molecule has 5 aromatic rings. The van der Waals surface area contributed by atoms with Crippen LogP contribution in [-0.2, 0) is 6.42 Å². The molecule has 34 heavy (non-hydrogen) atoms. The molecule has 170 valence electrons. The molecule has 0 saturated heterocycles. The summed E-state index contributed by atoms with van der Waals surface area (Å²) in [5.41, 5.74) is 2.39. The molecule has 0 aliphatic heterocycles. The van der Waals surface area contributed by atoms with Crippen molar-refractivity contribution in [3.05, 3.63) is 77.3 Å². The van der Waals surface area contributed by atoms with E-state index >= 15 is 0 Å². The van der Waals surface area contributed by atoms with E-state index in [0.717, 1.165) is 33.3 Å². The SMILES string of the molecule is CCc1nnc2sc(-c3cccc(NC(=S)NC(=O)c4ccc(-c5cccc(Cl)c5)o4)c3)nn12. The minimum Gasteiger partial charge on any atom is -0.451 e. The second-order valence-corrected chi connectivity index (χ2v) is 9.04. The van der Waals surface area contributed by atoms with Crippen LogP contribution in [0.4, 0.5) is 5.69 Å². The molecule has 0 radical (unpaired) electrons. The molecule has 11 heteroatoms. The predicted octanol–water partition coefficient (Wildman–Crippen LogP) is 5.46. The fraction of sp³-hybridized carbons (Fsp3) is 0.0870. The number of hydrogen-bond donors (Lipinski definition) is 2. The van der Waals surface area contributed by atoms with E-state index < -0.39 is 5.91 Å². The molecular weight excluding hydrogens is 492 g/mol. The third kappa shape index (κ3) is 4.56. The van der Waals surface area contributed by atoms with E-state index in [0.29, 0.717) is 16.5 Å². The largest absolute Gasteiger partial charge is 0.451 e. The molecule has 3 aromatic heterocycles. The van der Waals surface area contributed by atoms with E-state index in [9.17, 15) is 4.79 Å². The summed E-state index contributed by atoms with van der Waals surface area (Å²) in [5, 5.41) is 20.1. The Kier molecular flexibility index (Phi) is 6.10. The van der Waals surface area contributed by atoms with Crippen molar-refractivity contribution in [2.75, 3.05) is 5.32 Å². The monoisotopic (exact) mass is 508 g/mol. The highest BCUT2D eigenvalue weighted by molar-refractivity contribution is 7.80. The van der Waals surface area contributed by atoms with Gasteiger partial charge in [-0.15, -0.1) is 10.2 Å². The topological polar surface area (TPSA) is 97.3 Å². The summed E-state index contributed by atoms with van der Waals surface area (Å²) in [6.45, 7) is 2.01. The molecular formula is C23H17ClN6O2S2. The normalized spacial score (nSPS) is 11.0. The van der Waals surface area contributed by atoms with Crippen LogP contribution in [0.1, 0.15) is 23.3 Å². The molecule has 2 aromatic carbocycles. The number of anilines is 1. The number of aromatic nitrogens is 4. The highest BCUT2D eigenvalue weighted by Gasteiger charge is 2.15. The Hall–Kier alpha value is -3.60. The fourth-order valence-corrected chi connectivity index (χ4v) is 4.56. The standard InChI is InChI=1S/C23H17ClN6O2S2/c1-2-19-27-28-23-30(19)29-21(34-23)14-6-4-8-16(12-14)25-22(33)26-20(31)18-10-9-17(32-18)13-5-3-7-15(24)11-13/h3-12H,2H2,1H3,(H2,25,26,31,33). The first-order valence-corrected chi connectivity index (χ1v) is 11.9. The molecule has 5 rings (SSSR count). The average Bonchev–Trinajstić information content (AvgIpc) is 3.55. The maximum atomic E-state index is 12.6. The zero-order valence-corrected chi connectivity index (χ0v) is 20.2. The molecule has 0 aliphatic carbocycles. The Morgan fingerprint density at radius 3 is 2.76 bits per heavy atom. The number of fused-ring (bicyclic) bond motifs is 1. The van der Waals surface area contributed by atoms with Crippen molar-refractivity contribution in [2.45, 2.75) is 13.3 Å². The molecule has 0 atom stereocenters. The molecule has 8 nitrogen and oxygen atoms in total. The smallest absolute Gasteiger partial charge is 0.293 e. The van der Waals surface area contributed by atoms with Crippen LogP contribution in [0, 0.1) is 0 Å². The van der Waals surface area contributed by atoms with Gasteiger partial charge in [-0.3, -0.25) is 10.1 Å². The molecule has 1 amide bonds. The van der Waals surface area contributed by atoms with Gasteiger partial charge in [-0.2, -0.15) is 9.61 Å². The van der Waals surface area contributed by atoms with Crippen LogP contribution in [0.2, 0.25) is 5.02 Å². The lowest BCUT2D eigenvalue weighted by Gasteiger charge is -2.09. The molecule has 3 heterocycles. The number of halogens is 1. The first-order valence-electron chi connectivity index (χ1n) is 10.3. The van der Waals surface area contributed by atoms with Crippen molar-refractivity contribution in [1.29, 1.82) is 0 Å². The number of thiocarbonyl (C=S) groups is 1. The van der Waals surface area contributed by atoms with Gasteiger partial charge in [0.15, 0.2) is 16.7 Å². The Bertz CT molecular complexity index is 1520. The highest BCUT2D eigenvalue weighted by atomic mass is 35.5. The zero-order chi connectivity index (χ0) is 23.7. The number of amides is 1.